The van der Waals surface area contributed by atoms with Crippen LogP contribution < -0.4 is 0 Å². The van der Waals surface area contributed by atoms with Gasteiger partial charge in [-0.2, -0.15) is 11.8 Å². The van der Waals surface area contributed by atoms with Crippen molar-refractivity contribution in [3.05, 3.63) is 33.8 Å². The highest BCUT2D eigenvalue weighted by Gasteiger charge is 2.16. The monoisotopic (exact) mass is 324 g/mol. The molecule has 5 heteroatoms. The average molecular weight is 325 g/mol. The summed E-state index contributed by atoms with van der Waals surface area (Å²) in [6.07, 6.45) is 0.315. The molecule has 1 aromatic carbocycles. The van der Waals surface area contributed by atoms with Crippen LogP contribution in [-0.2, 0) is 6.42 Å². The van der Waals surface area contributed by atoms with Gasteiger partial charge in [0.2, 0.25) is 0 Å². The van der Waals surface area contributed by atoms with E-state index in [0.717, 1.165) is 12.2 Å². The van der Waals surface area contributed by atoms with E-state index in [9.17, 15) is 13.9 Å². The fourth-order valence-electron chi connectivity index (χ4n) is 1.41. The van der Waals surface area contributed by atoms with Gasteiger partial charge in [-0.1, -0.05) is 6.92 Å². The van der Waals surface area contributed by atoms with Crippen LogP contribution in [0.3, 0.4) is 0 Å². The first-order chi connectivity index (χ1) is 8.06. The lowest BCUT2D eigenvalue weighted by Gasteiger charge is -2.12. The molecule has 1 atom stereocenters. The van der Waals surface area contributed by atoms with Crippen LogP contribution in [0.25, 0.3) is 0 Å². The zero-order chi connectivity index (χ0) is 12.8. The van der Waals surface area contributed by atoms with Gasteiger partial charge in [-0.25, -0.2) is 8.78 Å². The number of benzene rings is 1. The fraction of sp³-hybridized carbons (Fsp3) is 0.500. The van der Waals surface area contributed by atoms with E-state index < -0.39 is 17.7 Å². The summed E-state index contributed by atoms with van der Waals surface area (Å²) in [5, 5.41) is 9.70. The molecule has 0 saturated carbocycles. The number of halogens is 3. The van der Waals surface area contributed by atoms with Gasteiger partial charge in [-0.05, 0) is 40.2 Å². The molecule has 0 aliphatic rings. The summed E-state index contributed by atoms with van der Waals surface area (Å²) in [6.45, 7) is 2.05. The van der Waals surface area contributed by atoms with Crippen LogP contribution in [0.15, 0.2) is 16.6 Å². The van der Waals surface area contributed by atoms with Crippen LogP contribution in [0.4, 0.5) is 8.78 Å². The number of rotatable bonds is 6. The Balaban J connectivity index is 2.64. The second kappa shape index (κ2) is 7.34. The van der Waals surface area contributed by atoms with Crippen molar-refractivity contribution in [2.24, 2.45) is 0 Å². The third kappa shape index (κ3) is 4.56. The highest BCUT2D eigenvalue weighted by atomic mass is 79.9. The van der Waals surface area contributed by atoms with Crippen molar-refractivity contribution >= 4 is 27.7 Å². The summed E-state index contributed by atoms with van der Waals surface area (Å²) in [6, 6.07) is 2.53. The lowest BCUT2D eigenvalue weighted by atomic mass is 10.1. The van der Waals surface area contributed by atoms with Crippen molar-refractivity contribution in [3.8, 4) is 0 Å². The molecule has 1 aromatic rings. The van der Waals surface area contributed by atoms with Crippen LogP contribution in [0, 0.1) is 11.6 Å². The predicted molar refractivity (Wildman–Crippen MR) is 71.4 cm³/mol. The molecule has 0 heterocycles. The summed E-state index contributed by atoms with van der Waals surface area (Å²) in [5.74, 6) is 0.217. The molecule has 0 aliphatic carbocycles. The maximum Gasteiger partial charge on any atom is 0.143 e. The Hall–Kier alpha value is -0.130. The van der Waals surface area contributed by atoms with Gasteiger partial charge in [0.05, 0.1) is 10.6 Å². The van der Waals surface area contributed by atoms with Crippen LogP contribution in [0.1, 0.15) is 18.9 Å². The van der Waals surface area contributed by atoms with Gasteiger partial charge in [0, 0.05) is 17.7 Å². The van der Waals surface area contributed by atoms with E-state index in [1.54, 1.807) is 11.8 Å². The van der Waals surface area contributed by atoms with Crippen molar-refractivity contribution in [2.75, 3.05) is 11.5 Å². The van der Waals surface area contributed by atoms with Gasteiger partial charge in [0.1, 0.15) is 11.6 Å². The Morgan fingerprint density at radius 3 is 2.76 bits per heavy atom. The number of aliphatic hydroxyl groups is 1. The molecule has 0 radical (unpaired) electrons. The number of thioether (sulfide) groups is 1. The van der Waals surface area contributed by atoms with Gasteiger partial charge < -0.3 is 5.11 Å². The first-order valence-electron chi connectivity index (χ1n) is 5.44. The molecule has 0 spiro atoms. The first kappa shape index (κ1) is 14.9. The molecule has 0 fully saturated rings. The van der Waals surface area contributed by atoms with Crippen LogP contribution in [0.2, 0.25) is 0 Å². The van der Waals surface area contributed by atoms with E-state index in [2.05, 4.69) is 15.9 Å². The Labute approximate surface area is 113 Å². The average Bonchev–Trinajstić information content (AvgIpc) is 2.30. The SMILES string of the molecule is CCCSCC(O)Cc1c(F)ccc(Br)c1F. The van der Waals surface area contributed by atoms with Gasteiger partial charge in [-0.3, -0.25) is 0 Å². The summed E-state index contributed by atoms with van der Waals surface area (Å²) in [7, 11) is 0. The van der Waals surface area contributed by atoms with Gasteiger partial charge in [0.15, 0.2) is 0 Å². The topological polar surface area (TPSA) is 20.2 Å². The molecule has 96 valence electrons. The quantitative estimate of drug-likeness (QED) is 0.635. The van der Waals surface area contributed by atoms with Gasteiger partial charge in [0.25, 0.3) is 0 Å². The minimum Gasteiger partial charge on any atom is -0.392 e. The number of hydrogen-bond donors (Lipinski definition) is 1. The molecule has 17 heavy (non-hydrogen) atoms. The Morgan fingerprint density at radius 1 is 1.41 bits per heavy atom. The second-order valence-corrected chi connectivity index (χ2v) is 5.76. The van der Waals surface area contributed by atoms with Crippen LogP contribution >= 0.6 is 27.7 Å². The molecule has 0 saturated heterocycles. The summed E-state index contributed by atoms with van der Waals surface area (Å²) in [4.78, 5) is 0. The third-order valence-corrected chi connectivity index (χ3v) is 4.17. The second-order valence-electron chi connectivity index (χ2n) is 3.75. The van der Waals surface area contributed by atoms with Gasteiger partial charge in [-0.15, -0.1) is 0 Å². The molecular formula is C12H15BrF2OS. The first-order valence-corrected chi connectivity index (χ1v) is 7.39. The largest absolute Gasteiger partial charge is 0.392 e. The summed E-state index contributed by atoms with van der Waals surface area (Å²) >= 11 is 4.60. The number of hydrogen-bond acceptors (Lipinski definition) is 2. The zero-order valence-electron chi connectivity index (χ0n) is 9.55. The molecular weight excluding hydrogens is 310 g/mol. The van der Waals surface area contributed by atoms with Crippen LogP contribution in [0.5, 0.6) is 0 Å². The smallest absolute Gasteiger partial charge is 0.143 e. The lowest BCUT2D eigenvalue weighted by Crippen LogP contribution is -2.16. The molecule has 1 rings (SSSR count). The minimum absolute atomic E-state index is 0.00776. The molecule has 1 nitrogen and oxygen atoms in total. The van der Waals surface area contributed by atoms with Crippen molar-refractivity contribution in [2.45, 2.75) is 25.9 Å². The molecule has 1 N–H and O–H groups in total. The van der Waals surface area contributed by atoms with Crippen molar-refractivity contribution in [3.63, 3.8) is 0 Å². The van der Waals surface area contributed by atoms with E-state index in [4.69, 9.17) is 0 Å². The standard InChI is InChI=1S/C12H15BrF2OS/c1-2-5-17-7-8(16)6-9-11(14)4-3-10(13)12(9)15/h3-4,8,16H,2,5-7H2,1H3. The molecule has 1 unspecified atom stereocenters. The summed E-state index contributed by atoms with van der Waals surface area (Å²) < 4.78 is 27.2. The Kier molecular flexibility index (Phi) is 6.44. The third-order valence-electron chi connectivity index (χ3n) is 2.24. The molecule has 0 aliphatic heterocycles. The van der Waals surface area contributed by atoms with E-state index in [0.29, 0.717) is 5.75 Å². The van der Waals surface area contributed by atoms with Crippen LogP contribution in [-0.4, -0.2) is 22.7 Å². The van der Waals surface area contributed by atoms with Crippen molar-refractivity contribution in [1.29, 1.82) is 0 Å². The summed E-state index contributed by atoms with van der Waals surface area (Å²) in [5.41, 5.74) is -0.0519. The molecule has 0 amide bonds. The van der Waals surface area contributed by atoms with E-state index in [1.165, 1.54) is 12.1 Å². The van der Waals surface area contributed by atoms with Crippen molar-refractivity contribution in [1.82, 2.24) is 0 Å². The highest BCUT2D eigenvalue weighted by molar-refractivity contribution is 9.10. The van der Waals surface area contributed by atoms with E-state index in [1.807, 2.05) is 6.92 Å². The fourth-order valence-corrected chi connectivity index (χ4v) is 2.63. The predicted octanol–water partition coefficient (Wildman–Crippen LogP) is 3.77. The maximum atomic E-state index is 13.6. The lowest BCUT2D eigenvalue weighted by molar-refractivity contribution is 0.197. The van der Waals surface area contributed by atoms with E-state index >= 15 is 0 Å². The molecule has 0 bridgehead atoms. The van der Waals surface area contributed by atoms with Crippen molar-refractivity contribution < 1.29 is 13.9 Å². The normalized spacial score (nSPS) is 12.8. The molecule has 0 aromatic heterocycles. The van der Waals surface area contributed by atoms with Gasteiger partial charge >= 0.3 is 0 Å². The highest BCUT2D eigenvalue weighted by Crippen LogP contribution is 2.23. The zero-order valence-corrected chi connectivity index (χ0v) is 12.0. The minimum atomic E-state index is -0.718. The Bertz CT molecular complexity index is 374. The maximum absolute atomic E-state index is 13.6. The van der Waals surface area contributed by atoms with E-state index in [-0.39, 0.29) is 16.5 Å². The Morgan fingerprint density at radius 2 is 2.12 bits per heavy atom. The number of aliphatic hydroxyl groups excluding tert-OH is 1.